The van der Waals surface area contributed by atoms with E-state index in [1.54, 1.807) is 24.3 Å². The maximum Gasteiger partial charge on any atom is 0.264 e. The molecule has 0 N–H and O–H groups in total. The fourth-order valence-corrected chi connectivity index (χ4v) is 5.06. The average Bonchev–Trinajstić information content (AvgIpc) is 3.31. The highest BCUT2D eigenvalue weighted by atomic mass is 32.2. The quantitative estimate of drug-likeness (QED) is 0.850. The molecular weight excluding hydrogens is 336 g/mol. The molecule has 1 amide bonds. The SMILES string of the molecule is O=C(c1ccc(S(=O)(=O)N2CCc3ccccc32)cc1)N1CCCC1. The van der Waals surface area contributed by atoms with Crippen LogP contribution in [0.2, 0.25) is 0 Å². The minimum Gasteiger partial charge on any atom is -0.339 e. The molecule has 2 heterocycles. The summed E-state index contributed by atoms with van der Waals surface area (Å²) in [5.41, 5.74) is 2.34. The second-order valence-electron chi connectivity index (χ2n) is 6.48. The van der Waals surface area contributed by atoms with Crippen LogP contribution in [0.3, 0.4) is 0 Å². The molecule has 2 aromatic rings. The minimum absolute atomic E-state index is 0.0204. The highest BCUT2D eigenvalue weighted by Gasteiger charge is 2.30. The lowest BCUT2D eigenvalue weighted by atomic mass is 10.2. The molecule has 0 atom stereocenters. The first-order chi connectivity index (χ1) is 12.1. The molecule has 1 fully saturated rings. The third kappa shape index (κ3) is 2.80. The maximum absolute atomic E-state index is 13.0. The number of likely N-dealkylation sites (tertiary alicyclic amines) is 1. The van der Waals surface area contributed by atoms with Crippen LogP contribution in [0.5, 0.6) is 0 Å². The van der Waals surface area contributed by atoms with E-state index in [1.807, 2.05) is 29.2 Å². The second kappa shape index (κ2) is 6.19. The number of fused-ring (bicyclic) bond motifs is 1. The van der Waals surface area contributed by atoms with Crippen LogP contribution in [-0.4, -0.2) is 38.9 Å². The van der Waals surface area contributed by atoms with Crippen molar-refractivity contribution in [3.05, 3.63) is 59.7 Å². The Balaban J connectivity index is 1.60. The summed E-state index contributed by atoms with van der Waals surface area (Å²) >= 11 is 0. The minimum atomic E-state index is -3.61. The molecule has 4 rings (SSSR count). The normalized spacial score (nSPS) is 17.0. The van der Waals surface area contributed by atoms with Gasteiger partial charge in [0.2, 0.25) is 0 Å². The molecule has 6 heteroatoms. The predicted molar refractivity (Wildman–Crippen MR) is 96.3 cm³/mol. The Bertz CT molecular complexity index is 901. The Morgan fingerprint density at radius 3 is 2.28 bits per heavy atom. The number of nitrogens with zero attached hydrogens (tertiary/aromatic N) is 2. The zero-order valence-corrected chi connectivity index (χ0v) is 14.7. The van der Waals surface area contributed by atoms with Crippen molar-refractivity contribution < 1.29 is 13.2 Å². The number of para-hydroxylation sites is 1. The summed E-state index contributed by atoms with van der Waals surface area (Å²) in [5.74, 6) is -0.0204. The summed E-state index contributed by atoms with van der Waals surface area (Å²) in [5, 5.41) is 0. The van der Waals surface area contributed by atoms with Crippen LogP contribution in [0.25, 0.3) is 0 Å². The number of carbonyl (C=O) groups is 1. The van der Waals surface area contributed by atoms with Crippen molar-refractivity contribution in [3.63, 3.8) is 0 Å². The van der Waals surface area contributed by atoms with Gasteiger partial charge >= 0.3 is 0 Å². The third-order valence-electron chi connectivity index (χ3n) is 4.93. The average molecular weight is 356 g/mol. The lowest BCUT2D eigenvalue weighted by Gasteiger charge is -2.20. The number of sulfonamides is 1. The van der Waals surface area contributed by atoms with Gasteiger partial charge < -0.3 is 4.90 Å². The first-order valence-electron chi connectivity index (χ1n) is 8.57. The summed E-state index contributed by atoms with van der Waals surface area (Å²) in [6, 6.07) is 13.9. The van der Waals surface area contributed by atoms with Gasteiger partial charge in [-0.1, -0.05) is 18.2 Å². The first kappa shape index (κ1) is 16.1. The Labute approximate surface area is 147 Å². The van der Waals surface area contributed by atoms with Gasteiger partial charge in [0.05, 0.1) is 10.6 Å². The molecule has 0 saturated carbocycles. The predicted octanol–water partition coefficient (Wildman–Crippen LogP) is 2.67. The van der Waals surface area contributed by atoms with Crippen LogP contribution in [0.4, 0.5) is 5.69 Å². The van der Waals surface area contributed by atoms with Crippen molar-refractivity contribution in [3.8, 4) is 0 Å². The van der Waals surface area contributed by atoms with Gasteiger partial charge in [0.25, 0.3) is 15.9 Å². The van der Waals surface area contributed by atoms with Gasteiger partial charge in [-0.2, -0.15) is 0 Å². The largest absolute Gasteiger partial charge is 0.339 e. The molecule has 5 nitrogen and oxygen atoms in total. The summed E-state index contributed by atoms with van der Waals surface area (Å²) in [4.78, 5) is 14.4. The molecule has 2 aliphatic rings. The summed E-state index contributed by atoms with van der Waals surface area (Å²) < 4.78 is 27.4. The van der Waals surface area contributed by atoms with Crippen molar-refractivity contribution in [2.24, 2.45) is 0 Å². The van der Waals surface area contributed by atoms with Crippen LogP contribution in [0.1, 0.15) is 28.8 Å². The van der Waals surface area contributed by atoms with Crippen molar-refractivity contribution in [2.75, 3.05) is 23.9 Å². The number of benzene rings is 2. The highest BCUT2D eigenvalue weighted by Crippen LogP contribution is 2.32. The molecule has 0 spiro atoms. The zero-order chi connectivity index (χ0) is 17.4. The van der Waals surface area contributed by atoms with Gasteiger partial charge in [0.15, 0.2) is 0 Å². The smallest absolute Gasteiger partial charge is 0.264 e. The standard InChI is InChI=1S/C19H20N2O3S/c22-19(20-12-3-4-13-20)16-7-9-17(10-8-16)25(23,24)21-14-11-15-5-1-2-6-18(15)21/h1-2,5-10H,3-4,11-14H2. The Morgan fingerprint density at radius 1 is 0.880 bits per heavy atom. The number of carbonyl (C=O) groups excluding carboxylic acids is 1. The molecule has 25 heavy (non-hydrogen) atoms. The topological polar surface area (TPSA) is 57.7 Å². The Kier molecular flexibility index (Phi) is 4.00. The monoisotopic (exact) mass is 356 g/mol. The maximum atomic E-state index is 13.0. The van der Waals surface area contributed by atoms with Gasteiger partial charge in [-0.15, -0.1) is 0 Å². The highest BCUT2D eigenvalue weighted by molar-refractivity contribution is 7.92. The number of hydrogen-bond acceptors (Lipinski definition) is 3. The zero-order valence-electron chi connectivity index (χ0n) is 13.9. The molecule has 2 aromatic carbocycles. The lowest BCUT2D eigenvalue weighted by molar-refractivity contribution is 0.0792. The fourth-order valence-electron chi connectivity index (χ4n) is 3.56. The number of amides is 1. The molecule has 0 aliphatic carbocycles. The van der Waals surface area contributed by atoms with E-state index in [4.69, 9.17) is 0 Å². The summed E-state index contributed by atoms with van der Waals surface area (Å²) in [6.07, 6.45) is 2.79. The molecule has 0 bridgehead atoms. The van der Waals surface area contributed by atoms with E-state index in [9.17, 15) is 13.2 Å². The summed E-state index contributed by atoms with van der Waals surface area (Å²) in [7, 11) is -3.61. The molecule has 2 aliphatic heterocycles. The van der Waals surface area contributed by atoms with Crippen molar-refractivity contribution in [2.45, 2.75) is 24.2 Å². The van der Waals surface area contributed by atoms with Gasteiger partial charge in [-0.25, -0.2) is 8.42 Å². The molecule has 130 valence electrons. The Hall–Kier alpha value is -2.34. The van der Waals surface area contributed by atoms with E-state index in [0.717, 1.165) is 43.6 Å². The van der Waals surface area contributed by atoms with Crippen LogP contribution >= 0.6 is 0 Å². The van der Waals surface area contributed by atoms with Gasteiger partial charge in [-0.3, -0.25) is 9.10 Å². The third-order valence-corrected chi connectivity index (χ3v) is 6.75. The van der Waals surface area contributed by atoms with Crippen molar-refractivity contribution in [1.82, 2.24) is 4.90 Å². The van der Waals surface area contributed by atoms with Gasteiger partial charge in [-0.05, 0) is 55.2 Å². The van der Waals surface area contributed by atoms with E-state index in [2.05, 4.69) is 0 Å². The van der Waals surface area contributed by atoms with Crippen molar-refractivity contribution >= 4 is 21.6 Å². The number of anilines is 1. The van der Waals surface area contributed by atoms with Crippen LogP contribution in [0, 0.1) is 0 Å². The molecule has 0 radical (unpaired) electrons. The van der Waals surface area contributed by atoms with E-state index >= 15 is 0 Å². The number of hydrogen-bond donors (Lipinski definition) is 0. The van der Waals surface area contributed by atoms with Crippen LogP contribution in [0.15, 0.2) is 53.4 Å². The van der Waals surface area contributed by atoms with E-state index in [0.29, 0.717) is 12.1 Å². The van der Waals surface area contributed by atoms with Crippen molar-refractivity contribution in [1.29, 1.82) is 0 Å². The molecule has 0 unspecified atom stereocenters. The first-order valence-corrected chi connectivity index (χ1v) is 10.0. The molecular formula is C19H20N2O3S. The van der Waals surface area contributed by atoms with Crippen LogP contribution in [-0.2, 0) is 16.4 Å². The van der Waals surface area contributed by atoms with Gasteiger partial charge in [0, 0.05) is 25.2 Å². The fraction of sp³-hybridized carbons (Fsp3) is 0.316. The van der Waals surface area contributed by atoms with E-state index in [1.165, 1.54) is 4.31 Å². The van der Waals surface area contributed by atoms with Crippen LogP contribution < -0.4 is 4.31 Å². The second-order valence-corrected chi connectivity index (χ2v) is 8.34. The number of rotatable bonds is 3. The molecule has 1 saturated heterocycles. The summed E-state index contributed by atoms with van der Waals surface area (Å²) in [6.45, 7) is 2.02. The van der Waals surface area contributed by atoms with Gasteiger partial charge in [0.1, 0.15) is 0 Å². The molecule has 0 aromatic heterocycles. The van der Waals surface area contributed by atoms with E-state index in [-0.39, 0.29) is 10.8 Å². The van der Waals surface area contributed by atoms with E-state index < -0.39 is 10.0 Å². The Morgan fingerprint density at radius 2 is 1.56 bits per heavy atom. The lowest BCUT2D eigenvalue weighted by Crippen LogP contribution is -2.29.